The van der Waals surface area contributed by atoms with Crippen LogP contribution in [0.15, 0.2) is 91.3 Å². The average molecular weight is 310 g/mol. The van der Waals surface area contributed by atoms with Crippen LogP contribution in [-0.4, -0.2) is 10.2 Å². The zero-order valence-electron chi connectivity index (χ0n) is 13.3. The molecule has 0 bridgehead atoms. The first-order valence-electron chi connectivity index (χ1n) is 8.11. The third-order valence-electron chi connectivity index (χ3n) is 4.22. The van der Waals surface area contributed by atoms with Crippen LogP contribution in [0.2, 0.25) is 0 Å². The summed E-state index contributed by atoms with van der Waals surface area (Å²) in [6.07, 6.45) is 4.72. The summed E-state index contributed by atoms with van der Waals surface area (Å²) in [7, 11) is 0. The second kappa shape index (κ2) is 6.55. The molecule has 1 N–H and O–H groups in total. The van der Waals surface area contributed by atoms with E-state index in [1.165, 1.54) is 33.4 Å². The fourth-order valence-electron chi connectivity index (χ4n) is 2.96. The average Bonchev–Trinajstić information content (AvgIpc) is 3.16. The summed E-state index contributed by atoms with van der Waals surface area (Å²) in [6.45, 7) is 0. The van der Waals surface area contributed by atoms with Gasteiger partial charge in [0.2, 0.25) is 0 Å². The molecule has 0 amide bonds. The highest BCUT2D eigenvalue weighted by atomic mass is 15.1. The maximum atomic E-state index is 4.01. The van der Waals surface area contributed by atoms with Gasteiger partial charge in [0, 0.05) is 12.6 Å². The Morgan fingerprint density at radius 1 is 0.625 bits per heavy atom. The summed E-state index contributed by atoms with van der Waals surface area (Å²) in [5, 5.41) is 6.88. The summed E-state index contributed by atoms with van der Waals surface area (Å²) in [5.41, 5.74) is 7.47. The second-order valence-electron chi connectivity index (χ2n) is 5.93. The summed E-state index contributed by atoms with van der Waals surface area (Å²) < 4.78 is 0. The van der Waals surface area contributed by atoms with Crippen molar-refractivity contribution in [1.82, 2.24) is 10.2 Å². The van der Waals surface area contributed by atoms with Crippen LogP contribution in [0.25, 0.3) is 22.3 Å². The maximum absolute atomic E-state index is 4.01. The Kier molecular flexibility index (Phi) is 3.95. The van der Waals surface area contributed by atoms with Crippen LogP contribution >= 0.6 is 0 Å². The van der Waals surface area contributed by atoms with E-state index in [1.807, 2.05) is 18.5 Å². The molecule has 0 saturated heterocycles. The lowest BCUT2D eigenvalue weighted by Crippen LogP contribution is -1.87. The van der Waals surface area contributed by atoms with E-state index >= 15 is 0 Å². The highest BCUT2D eigenvalue weighted by Gasteiger charge is 2.03. The van der Waals surface area contributed by atoms with Gasteiger partial charge in [0.25, 0.3) is 0 Å². The van der Waals surface area contributed by atoms with Crippen molar-refractivity contribution in [2.24, 2.45) is 0 Å². The predicted octanol–water partition coefficient (Wildman–Crippen LogP) is 5.33. The Morgan fingerprint density at radius 3 is 2.00 bits per heavy atom. The molecular weight excluding hydrogens is 292 g/mol. The van der Waals surface area contributed by atoms with Crippen molar-refractivity contribution in [2.75, 3.05) is 0 Å². The van der Waals surface area contributed by atoms with Crippen molar-refractivity contribution in [2.45, 2.75) is 6.42 Å². The number of hydrogen-bond donors (Lipinski definition) is 1. The molecule has 0 radical (unpaired) electrons. The van der Waals surface area contributed by atoms with Crippen molar-refractivity contribution in [3.63, 3.8) is 0 Å². The molecule has 4 aromatic rings. The summed E-state index contributed by atoms with van der Waals surface area (Å²) in [6, 6.07) is 27.9. The van der Waals surface area contributed by atoms with Crippen molar-refractivity contribution >= 4 is 0 Å². The highest BCUT2D eigenvalue weighted by molar-refractivity contribution is 5.70. The smallest absolute Gasteiger partial charge is 0.0522 e. The van der Waals surface area contributed by atoms with Crippen molar-refractivity contribution in [3.8, 4) is 22.3 Å². The van der Waals surface area contributed by atoms with Crippen LogP contribution in [0, 0.1) is 0 Å². The number of rotatable bonds is 4. The summed E-state index contributed by atoms with van der Waals surface area (Å²) in [4.78, 5) is 0. The topological polar surface area (TPSA) is 28.7 Å². The first-order valence-corrected chi connectivity index (χ1v) is 8.11. The van der Waals surface area contributed by atoms with Gasteiger partial charge >= 0.3 is 0 Å². The number of aromatic amines is 1. The Morgan fingerprint density at radius 2 is 1.29 bits per heavy atom. The normalized spacial score (nSPS) is 10.7. The number of benzene rings is 3. The minimum atomic E-state index is 0.895. The third kappa shape index (κ3) is 3.13. The molecule has 2 heteroatoms. The van der Waals surface area contributed by atoms with Crippen molar-refractivity contribution < 1.29 is 0 Å². The third-order valence-corrected chi connectivity index (χ3v) is 4.22. The van der Waals surface area contributed by atoms with Crippen LogP contribution in [0.1, 0.15) is 11.1 Å². The minimum absolute atomic E-state index is 0.895. The lowest BCUT2D eigenvalue weighted by Gasteiger charge is -2.07. The van der Waals surface area contributed by atoms with Gasteiger partial charge in [-0.05, 0) is 33.4 Å². The SMILES string of the molecule is c1ccc(-c2ccc(-c3cccc(Cc4cn[nH]c4)c3)cc2)cc1. The van der Waals surface area contributed by atoms with E-state index in [2.05, 4.69) is 83.0 Å². The van der Waals surface area contributed by atoms with Crippen LogP contribution in [0.3, 0.4) is 0 Å². The number of aromatic nitrogens is 2. The number of nitrogens with one attached hydrogen (secondary N) is 1. The molecule has 0 fully saturated rings. The van der Waals surface area contributed by atoms with E-state index in [-0.39, 0.29) is 0 Å². The van der Waals surface area contributed by atoms with Gasteiger partial charge in [0.05, 0.1) is 6.20 Å². The second-order valence-corrected chi connectivity index (χ2v) is 5.93. The lowest BCUT2D eigenvalue weighted by atomic mass is 9.98. The van der Waals surface area contributed by atoms with Crippen molar-refractivity contribution in [3.05, 3.63) is 102 Å². The molecule has 0 aliphatic carbocycles. The molecule has 0 spiro atoms. The Labute approximate surface area is 141 Å². The number of H-pyrrole nitrogens is 1. The molecule has 0 aliphatic heterocycles. The van der Waals surface area contributed by atoms with Gasteiger partial charge in [-0.2, -0.15) is 5.10 Å². The van der Waals surface area contributed by atoms with Crippen LogP contribution in [-0.2, 0) is 6.42 Å². The van der Waals surface area contributed by atoms with Crippen LogP contribution in [0.5, 0.6) is 0 Å². The minimum Gasteiger partial charge on any atom is -0.285 e. The molecule has 0 atom stereocenters. The van der Waals surface area contributed by atoms with Gasteiger partial charge < -0.3 is 0 Å². The molecule has 4 rings (SSSR count). The standard InChI is InChI=1S/C22H18N2/c1-2-6-19(7-3-1)20-9-11-21(12-10-20)22-8-4-5-17(14-22)13-18-15-23-24-16-18/h1-12,14-16H,13H2,(H,23,24). The van der Waals surface area contributed by atoms with Gasteiger partial charge in [0.15, 0.2) is 0 Å². The Bertz CT molecular complexity index is 908. The molecule has 0 aliphatic rings. The van der Waals surface area contributed by atoms with E-state index in [0.717, 1.165) is 6.42 Å². The number of hydrogen-bond acceptors (Lipinski definition) is 1. The monoisotopic (exact) mass is 310 g/mol. The fourth-order valence-corrected chi connectivity index (χ4v) is 2.96. The van der Waals surface area contributed by atoms with Gasteiger partial charge in [-0.3, -0.25) is 5.10 Å². The molecular formula is C22H18N2. The molecule has 1 aromatic heterocycles. The molecule has 116 valence electrons. The molecule has 0 unspecified atom stereocenters. The molecule has 3 aromatic carbocycles. The van der Waals surface area contributed by atoms with E-state index in [9.17, 15) is 0 Å². The van der Waals surface area contributed by atoms with Crippen molar-refractivity contribution in [1.29, 1.82) is 0 Å². The quantitative estimate of drug-likeness (QED) is 0.542. The van der Waals surface area contributed by atoms with Gasteiger partial charge in [0.1, 0.15) is 0 Å². The Hall–Kier alpha value is -3.13. The molecule has 2 nitrogen and oxygen atoms in total. The summed E-state index contributed by atoms with van der Waals surface area (Å²) >= 11 is 0. The first-order chi connectivity index (χ1) is 11.9. The molecule has 0 saturated carbocycles. The summed E-state index contributed by atoms with van der Waals surface area (Å²) in [5.74, 6) is 0. The lowest BCUT2D eigenvalue weighted by molar-refractivity contribution is 1.09. The van der Waals surface area contributed by atoms with Gasteiger partial charge in [-0.25, -0.2) is 0 Å². The largest absolute Gasteiger partial charge is 0.285 e. The first kappa shape index (κ1) is 14.5. The molecule has 1 heterocycles. The van der Waals surface area contributed by atoms with Gasteiger partial charge in [-0.1, -0.05) is 78.9 Å². The zero-order chi connectivity index (χ0) is 16.2. The van der Waals surface area contributed by atoms with E-state index in [1.54, 1.807) is 0 Å². The molecule has 24 heavy (non-hydrogen) atoms. The van der Waals surface area contributed by atoms with Gasteiger partial charge in [-0.15, -0.1) is 0 Å². The van der Waals surface area contributed by atoms with E-state index in [4.69, 9.17) is 0 Å². The van der Waals surface area contributed by atoms with E-state index in [0.29, 0.717) is 0 Å². The predicted molar refractivity (Wildman–Crippen MR) is 98.7 cm³/mol. The highest BCUT2D eigenvalue weighted by Crippen LogP contribution is 2.25. The van der Waals surface area contributed by atoms with E-state index < -0.39 is 0 Å². The van der Waals surface area contributed by atoms with Crippen LogP contribution in [0.4, 0.5) is 0 Å². The fraction of sp³-hybridized carbons (Fsp3) is 0.0455. The maximum Gasteiger partial charge on any atom is 0.0522 e. The van der Waals surface area contributed by atoms with Crippen LogP contribution < -0.4 is 0 Å². The zero-order valence-corrected chi connectivity index (χ0v) is 13.3. The Balaban J connectivity index is 1.60. The number of nitrogens with zero attached hydrogens (tertiary/aromatic N) is 1.